The third-order valence-corrected chi connectivity index (χ3v) is 4.41. The van der Waals surface area contributed by atoms with Gasteiger partial charge in [-0.15, -0.1) is 0 Å². The normalized spacial score (nSPS) is 15.5. The van der Waals surface area contributed by atoms with Crippen molar-refractivity contribution in [1.82, 2.24) is 19.8 Å². The van der Waals surface area contributed by atoms with Gasteiger partial charge >= 0.3 is 0 Å². The van der Waals surface area contributed by atoms with E-state index in [0.717, 1.165) is 39.1 Å². The number of hydrogen-bond donors (Lipinski definition) is 1. The second-order valence-electron chi connectivity index (χ2n) is 7.04. The lowest BCUT2D eigenvalue weighted by atomic mass is 9.95. The van der Waals surface area contributed by atoms with Crippen molar-refractivity contribution in [2.24, 2.45) is 0 Å². The Hall–Kier alpha value is -0.870. The van der Waals surface area contributed by atoms with Gasteiger partial charge in [-0.05, 0) is 26.1 Å². The molecule has 0 atom stereocenters. The van der Waals surface area contributed by atoms with E-state index in [1.165, 1.54) is 30.2 Å². The number of nitrogens with zero attached hydrogens (tertiary/aromatic N) is 3. The van der Waals surface area contributed by atoms with Crippen LogP contribution in [0.25, 0.3) is 0 Å². The average molecular weight is 292 g/mol. The van der Waals surface area contributed by atoms with Crippen LogP contribution in [0.15, 0.2) is 0 Å². The molecule has 1 aliphatic rings. The second-order valence-corrected chi connectivity index (χ2v) is 7.04. The molecule has 0 bridgehead atoms. The zero-order chi connectivity index (χ0) is 15.5. The zero-order valence-electron chi connectivity index (χ0n) is 14.5. The Balaban J connectivity index is 2.15. The van der Waals surface area contributed by atoms with Crippen molar-refractivity contribution in [3.8, 4) is 0 Å². The molecule has 2 rings (SSSR count). The molecular weight excluding hydrogens is 260 g/mol. The van der Waals surface area contributed by atoms with E-state index in [0.29, 0.717) is 0 Å². The maximum atomic E-state index is 4.95. The quantitative estimate of drug-likeness (QED) is 0.875. The van der Waals surface area contributed by atoms with Gasteiger partial charge in [0.1, 0.15) is 5.82 Å². The first kappa shape index (κ1) is 16.5. The van der Waals surface area contributed by atoms with Gasteiger partial charge in [0.05, 0.1) is 5.69 Å². The molecule has 0 spiro atoms. The van der Waals surface area contributed by atoms with Crippen LogP contribution in [0.4, 0.5) is 0 Å². The minimum atomic E-state index is 0.118. The van der Waals surface area contributed by atoms with Crippen molar-refractivity contribution in [1.29, 1.82) is 0 Å². The summed E-state index contributed by atoms with van der Waals surface area (Å²) in [6.45, 7) is 17.9. The molecule has 0 radical (unpaired) electrons. The molecule has 21 heavy (non-hydrogen) atoms. The fourth-order valence-electron chi connectivity index (χ4n) is 3.18. The number of nitrogens with one attached hydrogen (secondary N) is 1. The maximum absolute atomic E-state index is 4.95. The van der Waals surface area contributed by atoms with Gasteiger partial charge < -0.3 is 14.8 Å². The molecule has 1 aliphatic heterocycles. The van der Waals surface area contributed by atoms with Gasteiger partial charge in [-0.1, -0.05) is 34.6 Å². The van der Waals surface area contributed by atoms with Crippen molar-refractivity contribution < 1.29 is 0 Å². The molecule has 0 fully saturated rings. The van der Waals surface area contributed by atoms with Crippen molar-refractivity contribution in [2.75, 3.05) is 26.2 Å². The maximum Gasteiger partial charge on any atom is 0.114 e. The standard InChI is InChI=1S/C17H32N4/c1-6-20(7-2)11-8-12-21-15-9-10-18-13-14(15)19-16(21)17(3,4)5/h18H,6-13H2,1-5H3. The molecule has 1 aromatic rings. The highest BCUT2D eigenvalue weighted by molar-refractivity contribution is 5.23. The molecule has 0 amide bonds. The van der Waals surface area contributed by atoms with Crippen molar-refractivity contribution in [3.63, 3.8) is 0 Å². The second kappa shape index (κ2) is 6.93. The van der Waals surface area contributed by atoms with Crippen LogP contribution in [-0.2, 0) is 24.9 Å². The Morgan fingerprint density at radius 2 is 1.95 bits per heavy atom. The van der Waals surface area contributed by atoms with Crippen LogP contribution in [-0.4, -0.2) is 40.6 Å². The first-order chi connectivity index (χ1) is 9.97. The monoisotopic (exact) mass is 292 g/mol. The summed E-state index contributed by atoms with van der Waals surface area (Å²) in [5.41, 5.74) is 2.86. The highest BCUT2D eigenvalue weighted by Gasteiger charge is 2.26. The SMILES string of the molecule is CCN(CC)CCCn1c(C(C)(C)C)nc2c1CCNC2. The molecule has 0 aliphatic carbocycles. The summed E-state index contributed by atoms with van der Waals surface area (Å²) in [6, 6.07) is 0. The predicted molar refractivity (Wildman–Crippen MR) is 88.7 cm³/mol. The minimum Gasteiger partial charge on any atom is -0.331 e. The van der Waals surface area contributed by atoms with E-state index in [4.69, 9.17) is 4.98 Å². The third kappa shape index (κ3) is 3.86. The highest BCUT2D eigenvalue weighted by atomic mass is 15.1. The molecule has 1 N–H and O–H groups in total. The van der Waals surface area contributed by atoms with Crippen LogP contribution in [0, 0.1) is 0 Å². The first-order valence-electron chi connectivity index (χ1n) is 8.49. The van der Waals surface area contributed by atoms with Crippen LogP contribution in [0.3, 0.4) is 0 Å². The molecule has 0 unspecified atom stereocenters. The molecule has 0 aromatic carbocycles. The summed E-state index contributed by atoms with van der Waals surface area (Å²) < 4.78 is 2.51. The molecule has 120 valence electrons. The molecule has 0 saturated carbocycles. The Labute approximate surface area is 129 Å². The van der Waals surface area contributed by atoms with E-state index < -0.39 is 0 Å². The fourth-order valence-corrected chi connectivity index (χ4v) is 3.18. The van der Waals surface area contributed by atoms with Crippen LogP contribution in [0.2, 0.25) is 0 Å². The molecule has 4 heteroatoms. The third-order valence-electron chi connectivity index (χ3n) is 4.41. The van der Waals surface area contributed by atoms with E-state index in [1.807, 2.05) is 0 Å². The van der Waals surface area contributed by atoms with Crippen LogP contribution < -0.4 is 5.32 Å². The van der Waals surface area contributed by atoms with Gasteiger partial charge in [0.25, 0.3) is 0 Å². The van der Waals surface area contributed by atoms with Gasteiger partial charge in [0, 0.05) is 37.2 Å². The fraction of sp³-hybridized carbons (Fsp3) is 0.824. The van der Waals surface area contributed by atoms with E-state index in [2.05, 4.69) is 49.4 Å². The van der Waals surface area contributed by atoms with Crippen LogP contribution in [0.5, 0.6) is 0 Å². The summed E-state index contributed by atoms with van der Waals surface area (Å²) in [6.07, 6.45) is 2.32. The minimum absolute atomic E-state index is 0.118. The van der Waals surface area contributed by atoms with Gasteiger partial charge in [0.15, 0.2) is 0 Å². The van der Waals surface area contributed by atoms with Crippen LogP contribution >= 0.6 is 0 Å². The van der Waals surface area contributed by atoms with Gasteiger partial charge in [-0.2, -0.15) is 0 Å². The number of hydrogen-bond acceptors (Lipinski definition) is 3. The Kier molecular flexibility index (Phi) is 5.44. The predicted octanol–water partition coefficient (Wildman–Crippen LogP) is 2.56. The summed E-state index contributed by atoms with van der Waals surface area (Å²) in [4.78, 5) is 7.45. The molecule has 0 saturated heterocycles. The van der Waals surface area contributed by atoms with Crippen LogP contribution in [0.1, 0.15) is 58.3 Å². The lowest BCUT2D eigenvalue weighted by Gasteiger charge is -2.23. The Morgan fingerprint density at radius 3 is 2.57 bits per heavy atom. The molecular formula is C17H32N4. The summed E-state index contributed by atoms with van der Waals surface area (Å²) >= 11 is 0. The van der Waals surface area contributed by atoms with Crippen molar-refractivity contribution in [2.45, 2.75) is 66.0 Å². The lowest BCUT2D eigenvalue weighted by molar-refractivity contribution is 0.290. The van der Waals surface area contributed by atoms with Crippen molar-refractivity contribution in [3.05, 3.63) is 17.2 Å². The molecule has 1 aromatic heterocycles. The lowest BCUT2D eigenvalue weighted by Crippen LogP contribution is -2.28. The Morgan fingerprint density at radius 1 is 1.24 bits per heavy atom. The number of rotatable bonds is 6. The zero-order valence-corrected chi connectivity index (χ0v) is 14.5. The summed E-state index contributed by atoms with van der Waals surface area (Å²) in [5.74, 6) is 1.26. The smallest absolute Gasteiger partial charge is 0.114 e. The average Bonchev–Trinajstić information content (AvgIpc) is 2.83. The number of imidazole rings is 1. The van der Waals surface area contributed by atoms with Gasteiger partial charge in [-0.25, -0.2) is 4.98 Å². The van der Waals surface area contributed by atoms with Gasteiger partial charge in [-0.3, -0.25) is 0 Å². The largest absolute Gasteiger partial charge is 0.331 e. The summed E-state index contributed by atoms with van der Waals surface area (Å²) in [7, 11) is 0. The molecule has 4 nitrogen and oxygen atoms in total. The summed E-state index contributed by atoms with van der Waals surface area (Å²) in [5, 5.41) is 3.44. The van der Waals surface area contributed by atoms with E-state index in [1.54, 1.807) is 0 Å². The first-order valence-corrected chi connectivity index (χ1v) is 8.49. The van der Waals surface area contributed by atoms with E-state index in [-0.39, 0.29) is 5.41 Å². The van der Waals surface area contributed by atoms with E-state index in [9.17, 15) is 0 Å². The van der Waals surface area contributed by atoms with E-state index >= 15 is 0 Å². The number of fused-ring (bicyclic) bond motifs is 1. The number of aromatic nitrogens is 2. The molecule has 2 heterocycles. The highest BCUT2D eigenvalue weighted by Crippen LogP contribution is 2.26. The van der Waals surface area contributed by atoms with Gasteiger partial charge in [0.2, 0.25) is 0 Å². The Bertz CT molecular complexity index is 452. The topological polar surface area (TPSA) is 33.1 Å². The van der Waals surface area contributed by atoms with Crippen molar-refractivity contribution >= 4 is 0 Å².